The van der Waals surface area contributed by atoms with Gasteiger partial charge in [-0.1, -0.05) is 0 Å². The summed E-state index contributed by atoms with van der Waals surface area (Å²) in [7, 11) is 0. The molecule has 0 fully saturated rings. The maximum Gasteiger partial charge on any atom is 0.320 e. The van der Waals surface area contributed by atoms with E-state index in [1.807, 2.05) is 6.92 Å². The highest BCUT2D eigenvalue weighted by molar-refractivity contribution is 5.73. The van der Waals surface area contributed by atoms with Gasteiger partial charge in [0, 0.05) is 24.4 Å². The third-order valence-electron chi connectivity index (χ3n) is 3.06. The number of rotatable bonds is 3. The summed E-state index contributed by atoms with van der Waals surface area (Å²) in [5.74, 6) is -0.928. The average Bonchev–Trinajstić information content (AvgIpc) is 2.69. The first kappa shape index (κ1) is 10.2. The molecule has 0 aromatic carbocycles. The Hall–Kier alpha value is -1.29. The van der Waals surface area contributed by atoms with Gasteiger partial charge in [0.25, 0.3) is 0 Å². The van der Waals surface area contributed by atoms with Crippen molar-refractivity contribution in [1.82, 2.24) is 4.57 Å². The summed E-state index contributed by atoms with van der Waals surface area (Å²) in [6.45, 7) is 3.03. The molecular weight excluding hydrogens is 192 g/mol. The molecule has 0 bridgehead atoms. The quantitative estimate of drug-likeness (QED) is 0.768. The topological polar surface area (TPSA) is 68.2 Å². The third-order valence-corrected chi connectivity index (χ3v) is 3.06. The minimum Gasteiger partial charge on any atom is -0.480 e. The lowest BCUT2D eigenvalue weighted by atomic mass is 10.1. The lowest BCUT2D eigenvalue weighted by Gasteiger charge is -2.10. The summed E-state index contributed by atoms with van der Waals surface area (Å²) in [5, 5.41) is 8.79. The first-order valence-corrected chi connectivity index (χ1v) is 5.26. The highest BCUT2D eigenvalue weighted by Gasteiger charge is 2.21. The van der Waals surface area contributed by atoms with E-state index in [9.17, 15) is 4.79 Å². The second-order valence-electron chi connectivity index (χ2n) is 4.17. The molecule has 1 aromatic rings. The number of nitrogens with two attached hydrogens (primary N) is 1. The first-order valence-electron chi connectivity index (χ1n) is 5.26. The number of aryl methyl sites for hydroxylation is 2. The fraction of sp³-hybridized carbons (Fsp3) is 0.545. The van der Waals surface area contributed by atoms with Gasteiger partial charge >= 0.3 is 5.97 Å². The molecule has 0 aliphatic carbocycles. The molecular formula is C11H16N2O2. The Balaban J connectivity index is 2.24. The summed E-state index contributed by atoms with van der Waals surface area (Å²) >= 11 is 0. The highest BCUT2D eigenvalue weighted by atomic mass is 16.4. The molecule has 0 radical (unpaired) electrons. The molecule has 1 atom stereocenters. The molecule has 4 heteroatoms. The SMILES string of the molecule is Cc1cc2n(c1CC(N)C(=O)O)CCC2. The molecule has 1 aliphatic rings. The Morgan fingerprint density at radius 1 is 1.73 bits per heavy atom. The molecule has 3 N–H and O–H groups in total. The van der Waals surface area contributed by atoms with Crippen LogP contribution >= 0.6 is 0 Å². The molecule has 82 valence electrons. The Morgan fingerprint density at radius 2 is 2.47 bits per heavy atom. The molecule has 4 nitrogen and oxygen atoms in total. The Labute approximate surface area is 88.7 Å². The van der Waals surface area contributed by atoms with Crippen molar-refractivity contribution >= 4 is 5.97 Å². The van der Waals surface area contributed by atoms with Gasteiger partial charge in [-0.2, -0.15) is 0 Å². The van der Waals surface area contributed by atoms with Gasteiger partial charge in [-0.15, -0.1) is 0 Å². The van der Waals surface area contributed by atoms with E-state index in [2.05, 4.69) is 10.6 Å². The van der Waals surface area contributed by atoms with Crippen LogP contribution < -0.4 is 5.73 Å². The van der Waals surface area contributed by atoms with Gasteiger partial charge in [0.15, 0.2) is 0 Å². The summed E-state index contributed by atoms with van der Waals surface area (Å²) in [4.78, 5) is 10.7. The van der Waals surface area contributed by atoms with E-state index in [1.54, 1.807) is 0 Å². The van der Waals surface area contributed by atoms with Crippen LogP contribution in [0, 0.1) is 6.92 Å². The molecule has 1 unspecified atom stereocenters. The van der Waals surface area contributed by atoms with Gasteiger partial charge in [0.1, 0.15) is 6.04 Å². The third kappa shape index (κ3) is 1.77. The number of aliphatic carboxylic acids is 1. The fourth-order valence-electron chi connectivity index (χ4n) is 2.27. The summed E-state index contributed by atoms with van der Waals surface area (Å²) in [5.41, 5.74) is 9.14. The maximum absolute atomic E-state index is 10.7. The maximum atomic E-state index is 10.7. The van der Waals surface area contributed by atoms with Gasteiger partial charge in [-0.3, -0.25) is 4.79 Å². The lowest BCUT2D eigenvalue weighted by Crippen LogP contribution is -2.33. The highest BCUT2D eigenvalue weighted by Crippen LogP contribution is 2.23. The van der Waals surface area contributed by atoms with Crippen molar-refractivity contribution in [3.05, 3.63) is 23.0 Å². The minimum atomic E-state index is -0.928. The zero-order valence-corrected chi connectivity index (χ0v) is 8.86. The second-order valence-corrected chi connectivity index (χ2v) is 4.17. The normalized spacial score (nSPS) is 16.4. The van der Waals surface area contributed by atoms with E-state index >= 15 is 0 Å². The van der Waals surface area contributed by atoms with Crippen molar-refractivity contribution in [1.29, 1.82) is 0 Å². The van der Waals surface area contributed by atoms with E-state index in [1.165, 1.54) is 11.3 Å². The van der Waals surface area contributed by atoms with E-state index in [-0.39, 0.29) is 0 Å². The van der Waals surface area contributed by atoms with E-state index < -0.39 is 12.0 Å². The second kappa shape index (κ2) is 3.70. The Morgan fingerprint density at radius 3 is 3.13 bits per heavy atom. The number of carboxylic acids is 1. The van der Waals surface area contributed by atoms with Crippen LogP contribution in [0.3, 0.4) is 0 Å². The van der Waals surface area contributed by atoms with E-state index in [4.69, 9.17) is 10.8 Å². The van der Waals surface area contributed by atoms with Crippen LogP contribution in [0.2, 0.25) is 0 Å². The van der Waals surface area contributed by atoms with Gasteiger partial charge in [-0.05, 0) is 31.4 Å². The van der Waals surface area contributed by atoms with Gasteiger partial charge < -0.3 is 15.4 Å². The Bertz CT molecular complexity index is 396. The molecule has 15 heavy (non-hydrogen) atoms. The predicted molar refractivity (Wildman–Crippen MR) is 56.8 cm³/mol. The van der Waals surface area contributed by atoms with Crippen molar-refractivity contribution < 1.29 is 9.90 Å². The summed E-state index contributed by atoms with van der Waals surface area (Å²) in [6.07, 6.45) is 2.69. The molecule has 0 spiro atoms. The van der Waals surface area contributed by atoms with Crippen LogP contribution in [0.5, 0.6) is 0 Å². The van der Waals surface area contributed by atoms with Crippen LogP contribution in [0.1, 0.15) is 23.4 Å². The van der Waals surface area contributed by atoms with E-state index in [0.29, 0.717) is 6.42 Å². The molecule has 1 aliphatic heterocycles. The number of carbonyl (C=O) groups is 1. The largest absolute Gasteiger partial charge is 0.480 e. The van der Waals surface area contributed by atoms with Gasteiger partial charge in [0.05, 0.1) is 0 Å². The summed E-state index contributed by atoms with van der Waals surface area (Å²) in [6, 6.07) is 1.36. The van der Waals surface area contributed by atoms with Crippen LogP contribution in [0.15, 0.2) is 6.07 Å². The minimum absolute atomic E-state index is 0.432. The average molecular weight is 208 g/mol. The van der Waals surface area contributed by atoms with Crippen LogP contribution in [-0.4, -0.2) is 21.7 Å². The molecule has 2 heterocycles. The van der Waals surface area contributed by atoms with Crippen LogP contribution in [0.4, 0.5) is 0 Å². The fourth-order valence-corrected chi connectivity index (χ4v) is 2.27. The number of carboxylic acid groups (broad SMARTS) is 1. The van der Waals surface area contributed by atoms with Gasteiger partial charge in [0.2, 0.25) is 0 Å². The molecule has 0 saturated heterocycles. The van der Waals surface area contributed by atoms with Crippen molar-refractivity contribution in [3.8, 4) is 0 Å². The number of fused-ring (bicyclic) bond motifs is 1. The zero-order valence-electron chi connectivity index (χ0n) is 8.86. The van der Waals surface area contributed by atoms with Crippen molar-refractivity contribution in [2.24, 2.45) is 5.73 Å². The summed E-state index contributed by atoms with van der Waals surface area (Å²) < 4.78 is 2.22. The van der Waals surface area contributed by atoms with Crippen molar-refractivity contribution in [3.63, 3.8) is 0 Å². The number of hydrogen-bond acceptors (Lipinski definition) is 2. The van der Waals surface area contributed by atoms with Crippen LogP contribution in [-0.2, 0) is 24.2 Å². The molecule has 0 amide bonds. The molecule has 0 saturated carbocycles. The standard InChI is InChI=1S/C11H16N2O2/c1-7-5-8-3-2-4-13(8)10(7)6-9(12)11(14)15/h5,9H,2-4,6,12H2,1H3,(H,14,15). The number of aromatic nitrogens is 1. The van der Waals surface area contributed by atoms with Crippen molar-refractivity contribution in [2.75, 3.05) is 0 Å². The monoisotopic (exact) mass is 208 g/mol. The van der Waals surface area contributed by atoms with Crippen LogP contribution in [0.25, 0.3) is 0 Å². The number of nitrogens with zero attached hydrogens (tertiary/aromatic N) is 1. The zero-order chi connectivity index (χ0) is 11.0. The predicted octanol–water partition coefficient (Wildman–Crippen LogP) is 0.697. The van der Waals surface area contributed by atoms with Crippen molar-refractivity contribution in [2.45, 2.75) is 38.8 Å². The lowest BCUT2D eigenvalue weighted by molar-refractivity contribution is -0.138. The van der Waals surface area contributed by atoms with Gasteiger partial charge in [-0.25, -0.2) is 0 Å². The molecule has 2 rings (SSSR count). The first-order chi connectivity index (χ1) is 7.09. The smallest absolute Gasteiger partial charge is 0.320 e. The molecule has 1 aromatic heterocycles. The van der Waals surface area contributed by atoms with E-state index in [0.717, 1.165) is 25.1 Å². The Kier molecular flexibility index (Phi) is 2.52. The number of hydrogen-bond donors (Lipinski definition) is 2.